The van der Waals surface area contributed by atoms with E-state index in [0.717, 1.165) is 16.8 Å². The van der Waals surface area contributed by atoms with E-state index in [1.807, 2.05) is 52.8 Å². The summed E-state index contributed by atoms with van der Waals surface area (Å²) in [5.74, 6) is -0.463. The van der Waals surface area contributed by atoms with Crippen LogP contribution < -0.4 is 11.1 Å². The van der Waals surface area contributed by atoms with Crippen LogP contribution in [0.3, 0.4) is 0 Å². The molecule has 0 saturated heterocycles. The average molecular weight is 361 g/mol. The van der Waals surface area contributed by atoms with Gasteiger partial charge in [-0.15, -0.1) is 0 Å². The Labute approximate surface area is 156 Å². The van der Waals surface area contributed by atoms with Crippen molar-refractivity contribution in [2.75, 3.05) is 25.5 Å². The Balaban J connectivity index is 2.02. The number of hydrogen-bond acceptors (Lipinski definition) is 4. The molecule has 2 atom stereocenters. The number of likely N-dealkylation sites (N-methyl/N-ethyl adjacent to an activating group) is 1. The minimum Gasteiger partial charge on any atom is -0.378 e. The summed E-state index contributed by atoms with van der Waals surface area (Å²) in [5.41, 5.74) is 7.70. The Morgan fingerprint density at radius 1 is 1.31 bits per heavy atom. The minimum atomic E-state index is -1.01. The van der Waals surface area contributed by atoms with Crippen molar-refractivity contribution in [3.63, 3.8) is 0 Å². The molecule has 0 radical (unpaired) electrons. The molecule has 144 valence electrons. The molecule has 2 rings (SSSR count). The lowest BCUT2D eigenvalue weighted by Gasteiger charge is -2.58. The number of nitrogens with zero attached hydrogens (tertiary/aromatic N) is 1. The SMILES string of the molecule is CCOC1CC(N)(C(=O)N(C)CC(=O)Nc2c(C)cccc2C)C1(C)C. The number of rotatable bonds is 6. The highest BCUT2D eigenvalue weighted by Crippen LogP contribution is 2.50. The van der Waals surface area contributed by atoms with Crippen LogP contribution in [0, 0.1) is 19.3 Å². The van der Waals surface area contributed by atoms with Gasteiger partial charge in [-0.2, -0.15) is 0 Å². The number of nitrogens with two attached hydrogens (primary N) is 1. The van der Waals surface area contributed by atoms with Gasteiger partial charge >= 0.3 is 0 Å². The molecule has 0 bridgehead atoms. The van der Waals surface area contributed by atoms with Crippen LogP contribution >= 0.6 is 0 Å². The fourth-order valence-corrected chi connectivity index (χ4v) is 3.62. The van der Waals surface area contributed by atoms with E-state index >= 15 is 0 Å². The summed E-state index contributed by atoms with van der Waals surface area (Å²) >= 11 is 0. The van der Waals surface area contributed by atoms with E-state index < -0.39 is 11.0 Å². The molecule has 0 spiro atoms. The maximum Gasteiger partial charge on any atom is 0.243 e. The Kier molecular flexibility index (Phi) is 5.78. The van der Waals surface area contributed by atoms with Gasteiger partial charge in [0.1, 0.15) is 5.54 Å². The minimum absolute atomic E-state index is 0.0407. The van der Waals surface area contributed by atoms with Crippen molar-refractivity contribution in [2.45, 2.75) is 52.7 Å². The number of nitrogens with one attached hydrogen (secondary N) is 1. The zero-order valence-electron chi connectivity index (χ0n) is 16.7. The second-order valence-electron chi connectivity index (χ2n) is 7.82. The molecule has 1 aromatic rings. The van der Waals surface area contributed by atoms with Crippen molar-refractivity contribution in [3.05, 3.63) is 29.3 Å². The highest BCUT2D eigenvalue weighted by atomic mass is 16.5. The van der Waals surface area contributed by atoms with Crippen molar-refractivity contribution in [1.29, 1.82) is 0 Å². The van der Waals surface area contributed by atoms with Gasteiger partial charge in [-0.25, -0.2) is 0 Å². The standard InChI is InChI=1S/C20H31N3O3/c1-7-26-15-11-20(21,19(15,4)5)18(25)23(6)12-16(24)22-17-13(2)9-8-10-14(17)3/h8-10,15H,7,11-12,21H2,1-6H3,(H,22,24). The Bertz CT molecular complexity index is 681. The maximum atomic E-state index is 12.9. The number of carbonyl (C=O) groups is 2. The van der Waals surface area contributed by atoms with Crippen molar-refractivity contribution < 1.29 is 14.3 Å². The topological polar surface area (TPSA) is 84.7 Å². The van der Waals surface area contributed by atoms with Gasteiger partial charge in [0.25, 0.3) is 0 Å². The van der Waals surface area contributed by atoms with Crippen molar-refractivity contribution in [2.24, 2.45) is 11.1 Å². The summed E-state index contributed by atoms with van der Waals surface area (Å²) in [5, 5.41) is 2.90. The summed E-state index contributed by atoms with van der Waals surface area (Å²) < 4.78 is 5.67. The fraction of sp³-hybridized carbons (Fsp3) is 0.600. The van der Waals surface area contributed by atoms with E-state index in [1.54, 1.807) is 7.05 Å². The van der Waals surface area contributed by atoms with Crippen LogP contribution in [0.15, 0.2) is 18.2 Å². The molecule has 2 amide bonds. The molecule has 1 aliphatic carbocycles. The van der Waals surface area contributed by atoms with Crippen molar-refractivity contribution >= 4 is 17.5 Å². The average Bonchev–Trinajstić information content (AvgIpc) is 2.57. The second-order valence-corrected chi connectivity index (χ2v) is 7.82. The molecule has 1 aliphatic rings. The van der Waals surface area contributed by atoms with Gasteiger partial charge in [0.05, 0.1) is 12.6 Å². The highest BCUT2D eigenvalue weighted by Gasteiger charge is 2.63. The number of benzene rings is 1. The van der Waals surface area contributed by atoms with E-state index in [2.05, 4.69) is 5.32 Å². The number of anilines is 1. The predicted octanol–water partition coefficient (Wildman–Crippen LogP) is 2.23. The largest absolute Gasteiger partial charge is 0.378 e. The number of carbonyl (C=O) groups excluding carboxylic acids is 2. The Morgan fingerprint density at radius 3 is 2.38 bits per heavy atom. The number of amides is 2. The summed E-state index contributed by atoms with van der Waals surface area (Å²) in [6.45, 7) is 10.2. The number of hydrogen-bond donors (Lipinski definition) is 2. The first kappa shape index (κ1) is 20.4. The van der Waals surface area contributed by atoms with Crippen LogP contribution in [0.1, 0.15) is 38.3 Å². The normalized spacial score (nSPS) is 23.9. The van der Waals surface area contributed by atoms with E-state index in [0.29, 0.717) is 13.0 Å². The van der Waals surface area contributed by atoms with Crippen LogP contribution in [0.2, 0.25) is 0 Å². The van der Waals surface area contributed by atoms with Crippen LogP contribution in [-0.2, 0) is 14.3 Å². The zero-order valence-corrected chi connectivity index (χ0v) is 16.7. The molecule has 0 aromatic heterocycles. The third-order valence-corrected chi connectivity index (χ3v) is 5.68. The lowest BCUT2D eigenvalue weighted by atomic mass is 9.54. The zero-order chi connectivity index (χ0) is 19.7. The van der Waals surface area contributed by atoms with E-state index in [4.69, 9.17) is 10.5 Å². The quantitative estimate of drug-likeness (QED) is 0.814. The van der Waals surface area contributed by atoms with Crippen LogP contribution in [0.5, 0.6) is 0 Å². The van der Waals surface area contributed by atoms with Gasteiger partial charge in [0.2, 0.25) is 11.8 Å². The second kappa shape index (κ2) is 7.37. The van der Waals surface area contributed by atoms with Gasteiger partial charge in [0.15, 0.2) is 0 Å². The third-order valence-electron chi connectivity index (χ3n) is 5.68. The maximum absolute atomic E-state index is 12.9. The third kappa shape index (κ3) is 3.48. The van der Waals surface area contributed by atoms with E-state index in [-0.39, 0.29) is 24.5 Å². The molecule has 26 heavy (non-hydrogen) atoms. The monoisotopic (exact) mass is 361 g/mol. The van der Waals surface area contributed by atoms with Gasteiger partial charge in [-0.05, 0) is 31.9 Å². The molecular weight excluding hydrogens is 330 g/mol. The molecule has 1 fully saturated rings. The van der Waals surface area contributed by atoms with Crippen LogP contribution in [0.4, 0.5) is 5.69 Å². The van der Waals surface area contributed by atoms with Crippen molar-refractivity contribution in [3.8, 4) is 0 Å². The Hall–Kier alpha value is -1.92. The molecule has 1 aromatic carbocycles. The summed E-state index contributed by atoms with van der Waals surface area (Å²) in [6.07, 6.45) is 0.425. The molecule has 0 heterocycles. The predicted molar refractivity (Wildman–Crippen MR) is 103 cm³/mol. The first-order valence-corrected chi connectivity index (χ1v) is 9.06. The lowest BCUT2D eigenvalue weighted by molar-refractivity contribution is -0.178. The number of aryl methyl sites for hydroxylation is 2. The lowest BCUT2D eigenvalue weighted by Crippen LogP contribution is -2.76. The number of ether oxygens (including phenoxy) is 1. The molecule has 3 N–H and O–H groups in total. The first-order valence-electron chi connectivity index (χ1n) is 9.06. The number of para-hydroxylation sites is 1. The van der Waals surface area contributed by atoms with Crippen LogP contribution in [-0.4, -0.2) is 48.6 Å². The summed E-state index contributed by atoms with van der Waals surface area (Å²) in [6, 6.07) is 5.83. The molecule has 0 aliphatic heterocycles. The van der Waals surface area contributed by atoms with E-state index in [1.165, 1.54) is 4.90 Å². The van der Waals surface area contributed by atoms with Crippen molar-refractivity contribution in [1.82, 2.24) is 4.90 Å². The molecule has 6 heteroatoms. The molecular formula is C20H31N3O3. The smallest absolute Gasteiger partial charge is 0.243 e. The van der Waals surface area contributed by atoms with Gasteiger partial charge in [-0.1, -0.05) is 32.0 Å². The summed E-state index contributed by atoms with van der Waals surface area (Å²) in [4.78, 5) is 26.7. The highest BCUT2D eigenvalue weighted by molar-refractivity contribution is 5.97. The van der Waals surface area contributed by atoms with Crippen LogP contribution in [0.25, 0.3) is 0 Å². The van der Waals surface area contributed by atoms with Gasteiger partial charge < -0.3 is 20.7 Å². The first-order chi connectivity index (χ1) is 12.0. The fourth-order valence-electron chi connectivity index (χ4n) is 3.62. The summed E-state index contributed by atoms with van der Waals surface area (Å²) in [7, 11) is 1.62. The molecule has 6 nitrogen and oxygen atoms in total. The molecule has 1 saturated carbocycles. The Morgan fingerprint density at radius 2 is 1.88 bits per heavy atom. The molecule has 2 unspecified atom stereocenters. The van der Waals surface area contributed by atoms with Gasteiger partial charge in [0, 0.05) is 31.2 Å². The van der Waals surface area contributed by atoms with E-state index in [9.17, 15) is 9.59 Å². The van der Waals surface area contributed by atoms with Gasteiger partial charge in [-0.3, -0.25) is 9.59 Å².